The number of alkyl halides is 3. The Balaban J connectivity index is 3.03. The van der Waals surface area contributed by atoms with Gasteiger partial charge in [0.1, 0.15) is 5.82 Å². The lowest BCUT2D eigenvalue weighted by atomic mass is 10.2. The van der Waals surface area contributed by atoms with E-state index >= 15 is 0 Å². The van der Waals surface area contributed by atoms with E-state index in [0.29, 0.717) is 11.6 Å². The van der Waals surface area contributed by atoms with Crippen LogP contribution < -0.4 is 5.32 Å². The van der Waals surface area contributed by atoms with Crippen LogP contribution in [-0.4, -0.2) is 16.8 Å². The zero-order valence-electron chi connectivity index (χ0n) is 10.6. The zero-order chi connectivity index (χ0) is 13.8. The SMILES string of the molecule is CCCNc1cc(C(F)(F)F)cc(SC(C)C)n1. The molecule has 2 nitrogen and oxygen atoms in total. The number of nitrogens with zero attached hydrogens (tertiary/aromatic N) is 1. The van der Waals surface area contributed by atoms with Crippen molar-refractivity contribution in [2.24, 2.45) is 0 Å². The number of anilines is 1. The normalized spacial score (nSPS) is 11.9. The molecule has 0 amide bonds. The molecule has 0 spiro atoms. The van der Waals surface area contributed by atoms with Gasteiger partial charge in [-0.3, -0.25) is 0 Å². The molecule has 0 aliphatic rings. The fourth-order valence-corrected chi connectivity index (χ4v) is 2.14. The summed E-state index contributed by atoms with van der Waals surface area (Å²) in [5.74, 6) is 0.287. The number of nitrogens with one attached hydrogen (secondary N) is 1. The van der Waals surface area contributed by atoms with Crippen LogP contribution in [0.3, 0.4) is 0 Å². The van der Waals surface area contributed by atoms with E-state index in [4.69, 9.17) is 0 Å². The van der Waals surface area contributed by atoms with Crippen LogP contribution in [0.1, 0.15) is 32.8 Å². The molecule has 0 atom stereocenters. The number of aromatic nitrogens is 1. The van der Waals surface area contributed by atoms with Crippen LogP contribution in [-0.2, 0) is 6.18 Å². The molecule has 0 aliphatic carbocycles. The van der Waals surface area contributed by atoms with Gasteiger partial charge < -0.3 is 5.32 Å². The number of rotatable bonds is 5. The van der Waals surface area contributed by atoms with Gasteiger partial charge in [-0.1, -0.05) is 20.8 Å². The summed E-state index contributed by atoms with van der Waals surface area (Å²) in [7, 11) is 0. The van der Waals surface area contributed by atoms with Crippen molar-refractivity contribution in [1.82, 2.24) is 4.98 Å². The number of hydrogen-bond acceptors (Lipinski definition) is 3. The number of thioether (sulfide) groups is 1. The molecule has 0 saturated carbocycles. The third-order valence-electron chi connectivity index (χ3n) is 2.04. The van der Waals surface area contributed by atoms with Crippen LogP contribution in [0.5, 0.6) is 0 Å². The molecule has 1 heterocycles. The van der Waals surface area contributed by atoms with Crippen molar-refractivity contribution in [3.63, 3.8) is 0 Å². The Hall–Kier alpha value is -0.910. The molecule has 102 valence electrons. The molecule has 1 aromatic heterocycles. The van der Waals surface area contributed by atoms with Crippen molar-refractivity contribution in [3.8, 4) is 0 Å². The molecule has 0 bridgehead atoms. The van der Waals surface area contributed by atoms with Gasteiger partial charge in [0.15, 0.2) is 0 Å². The van der Waals surface area contributed by atoms with Gasteiger partial charge in [-0.2, -0.15) is 13.2 Å². The molecule has 0 unspecified atom stereocenters. The second-order valence-electron chi connectivity index (χ2n) is 4.17. The maximum Gasteiger partial charge on any atom is 0.416 e. The van der Waals surface area contributed by atoms with Gasteiger partial charge in [-0.25, -0.2) is 4.98 Å². The first kappa shape index (κ1) is 15.1. The van der Waals surface area contributed by atoms with Gasteiger partial charge in [-0.05, 0) is 18.6 Å². The van der Waals surface area contributed by atoms with E-state index in [9.17, 15) is 13.2 Å². The van der Waals surface area contributed by atoms with Gasteiger partial charge in [-0.15, -0.1) is 11.8 Å². The molecule has 1 rings (SSSR count). The van der Waals surface area contributed by atoms with E-state index in [2.05, 4.69) is 10.3 Å². The predicted octanol–water partition coefficient (Wildman–Crippen LogP) is 4.42. The lowest BCUT2D eigenvalue weighted by molar-refractivity contribution is -0.137. The van der Waals surface area contributed by atoms with Crippen molar-refractivity contribution in [2.75, 3.05) is 11.9 Å². The largest absolute Gasteiger partial charge is 0.416 e. The Morgan fingerprint density at radius 1 is 1.33 bits per heavy atom. The zero-order valence-corrected chi connectivity index (χ0v) is 11.5. The molecule has 0 radical (unpaired) electrons. The minimum atomic E-state index is -4.34. The molecular weight excluding hydrogens is 261 g/mol. The van der Waals surface area contributed by atoms with E-state index in [-0.39, 0.29) is 11.1 Å². The smallest absolute Gasteiger partial charge is 0.370 e. The summed E-state index contributed by atoms with van der Waals surface area (Å²) >= 11 is 1.33. The van der Waals surface area contributed by atoms with Crippen molar-refractivity contribution < 1.29 is 13.2 Å². The molecular formula is C12H17F3N2S. The summed E-state index contributed by atoms with van der Waals surface area (Å²) in [6.45, 7) is 6.40. The molecule has 0 aromatic carbocycles. The minimum Gasteiger partial charge on any atom is -0.370 e. The third kappa shape index (κ3) is 4.76. The van der Waals surface area contributed by atoms with E-state index in [1.165, 1.54) is 11.8 Å². The lowest BCUT2D eigenvalue weighted by Crippen LogP contribution is -2.09. The molecule has 6 heteroatoms. The Kier molecular flexibility index (Phi) is 5.31. The van der Waals surface area contributed by atoms with E-state index in [1.54, 1.807) is 0 Å². The number of pyridine rings is 1. The molecule has 0 saturated heterocycles. The highest BCUT2D eigenvalue weighted by atomic mass is 32.2. The van der Waals surface area contributed by atoms with Crippen molar-refractivity contribution in [3.05, 3.63) is 17.7 Å². The summed E-state index contributed by atoms with van der Waals surface area (Å²) in [5, 5.41) is 3.49. The summed E-state index contributed by atoms with van der Waals surface area (Å²) in [6, 6.07) is 2.15. The van der Waals surface area contributed by atoms with Crippen LogP contribution in [0.4, 0.5) is 19.0 Å². The highest BCUT2D eigenvalue weighted by Crippen LogP contribution is 2.33. The molecule has 18 heavy (non-hydrogen) atoms. The predicted molar refractivity (Wildman–Crippen MR) is 69.0 cm³/mol. The topological polar surface area (TPSA) is 24.9 Å². The van der Waals surface area contributed by atoms with Gasteiger partial charge in [0.25, 0.3) is 0 Å². The highest BCUT2D eigenvalue weighted by Gasteiger charge is 2.31. The average Bonchev–Trinajstić information content (AvgIpc) is 2.24. The maximum absolute atomic E-state index is 12.7. The van der Waals surface area contributed by atoms with Gasteiger partial charge in [0.2, 0.25) is 0 Å². The lowest BCUT2D eigenvalue weighted by Gasteiger charge is -2.13. The van der Waals surface area contributed by atoms with E-state index in [1.807, 2.05) is 20.8 Å². The molecule has 1 N–H and O–H groups in total. The molecule has 1 aromatic rings. The van der Waals surface area contributed by atoms with Gasteiger partial charge in [0.05, 0.1) is 10.6 Å². The first-order valence-corrected chi connectivity index (χ1v) is 6.70. The van der Waals surface area contributed by atoms with Crippen LogP contribution in [0.2, 0.25) is 0 Å². The van der Waals surface area contributed by atoms with E-state index < -0.39 is 11.7 Å². The summed E-state index contributed by atoms with van der Waals surface area (Å²) < 4.78 is 38.2. The van der Waals surface area contributed by atoms with Crippen LogP contribution in [0.15, 0.2) is 17.2 Å². The summed E-state index contributed by atoms with van der Waals surface area (Å²) in [4.78, 5) is 4.18. The fraction of sp³-hybridized carbons (Fsp3) is 0.583. The fourth-order valence-electron chi connectivity index (χ4n) is 1.31. The number of hydrogen-bond donors (Lipinski definition) is 1. The van der Waals surface area contributed by atoms with Crippen LogP contribution >= 0.6 is 11.8 Å². The summed E-state index contributed by atoms with van der Waals surface area (Å²) in [6.07, 6.45) is -3.50. The maximum atomic E-state index is 12.7. The van der Waals surface area contributed by atoms with Crippen molar-refractivity contribution in [2.45, 2.75) is 43.6 Å². The minimum absolute atomic E-state index is 0.194. The first-order valence-electron chi connectivity index (χ1n) is 5.82. The Bertz CT molecular complexity index is 391. The monoisotopic (exact) mass is 278 g/mol. The summed E-state index contributed by atoms with van der Waals surface area (Å²) in [5.41, 5.74) is -0.653. The average molecular weight is 278 g/mol. The third-order valence-corrected chi connectivity index (χ3v) is 2.96. The standard InChI is InChI=1S/C12H17F3N2S/c1-4-5-16-10-6-9(12(13,14)15)7-11(17-10)18-8(2)3/h6-8H,4-5H2,1-3H3,(H,16,17). The first-order chi connectivity index (χ1) is 8.32. The number of halogens is 3. The van der Waals surface area contributed by atoms with Crippen molar-refractivity contribution in [1.29, 1.82) is 0 Å². The van der Waals surface area contributed by atoms with Crippen LogP contribution in [0, 0.1) is 0 Å². The Morgan fingerprint density at radius 3 is 2.50 bits per heavy atom. The second kappa shape index (κ2) is 6.31. The molecule has 0 aliphatic heterocycles. The van der Waals surface area contributed by atoms with Crippen molar-refractivity contribution >= 4 is 17.6 Å². The van der Waals surface area contributed by atoms with Gasteiger partial charge >= 0.3 is 6.18 Å². The van der Waals surface area contributed by atoms with Crippen LogP contribution in [0.25, 0.3) is 0 Å². The quantitative estimate of drug-likeness (QED) is 0.807. The highest BCUT2D eigenvalue weighted by molar-refractivity contribution is 7.99. The Morgan fingerprint density at radius 2 is 2.00 bits per heavy atom. The second-order valence-corrected chi connectivity index (χ2v) is 5.77. The van der Waals surface area contributed by atoms with Gasteiger partial charge in [0, 0.05) is 11.8 Å². The Labute approximate surface area is 109 Å². The van der Waals surface area contributed by atoms with E-state index in [0.717, 1.165) is 18.6 Å². The molecule has 0 fully saturated rings.